The van der Waals surface area contributed by atoms with Crippen LogP contribution in [0, 0.1) is 4.77 Å². The Morgan fingerprint density at radius 1 is 1.54 bits per heavy atom. The van der Waals surface area contributed by atoms with Crippen molar-refractivity contribution in [1.82, 2.24) is 14.8 Å². The third-order valence-corrected chi connectivity index (χ3v) is 2.60. The van der Waals surface area contributed by atoms with Crippen LogP contribution in [0.4, 0.5) is 0 Å². The van der Waals surface area contributed by atoms with Crippen molar-refractivity contribution in [3.05, 3.63) is 10.6 Å². The molecule has 1 N–H and O–H groups in total. The Labute approximate surface area is 84.2 Å². The van der Waals surface area contributed by atoms with Gasteiger partial charge in [0.2, 0.25) is 0 Å². The van der Waals surface area contributed by atoms with Gasteiger partial charge in [-0.2, -0.15) is 5.10 Å². The minimum atomic E-state index is 0.486. The van der Waals surface area contributed by atoms with Gasteiger partial charge in [-0.1, -0.05) is 20.8 Å². The second kappa shape index (κ2) is 4.56. The molecule has 0 saturated carbocycles. The van der Waals surface area contributed by atoms with Gasteiger partial charge in [0.15, 0.2) is 4.77 Å². The van der Waals surface area contributed by atoms with E-state index in [-0.39, 0.29) is 0 Å². The topological polar surface area (TPSA) is 33.6 Å². The molecule has 74 valence electrons. The summed E-state index contributed by atoms with van der Waals surface area (Å²) in [6, 6.07) is 0. The first-order chi connectivity index (χ1) is 6.20. The molecule has 4 heteroatoms. The normalized spacial score (nSPS) is 13.2. The van der Waals surface area contributed by atoms with E-state index in [1.54, 1.807) is 0 Å². The van der Waals surface area contributed by atoms with Crippen molar-refractivity contribution in [2.24, 2.45) is 0 Å². The second-order valence-electron chi connectivity index (χ2n) is 3.35. The van der Waals surface area contributed by atoms with Gasteiger partial charge in [-0.15, -0.1) is 0 Å². The Hall–Kier alpha value is -0.640. The fraction of sp³-hybridized carbons (Fsp3) is 0.778. The predicted molar refractivity (Wildman–Crippen MR) is 56.4 cm³/mol. The maximum atomic E-state index is 5.15. The number of nitrogens with one attached hydrogen (secondary N) is 1. The maximum Gasteiger partial charge on any atom is 0.195 e. The molecular formula is C9H17N3S. The quantitative estimate of drug-likeness (QED) is 0.756. The van der Waals surface area contributed by atoms with Crippen LogP contribution in [0.5, 0.6) is 0 Å². The van der Waals surface area contributed by atoms with Crippen molar-refractivity contribution in [2.75, 3.05) is 0 Å². The average Bonchev–Trinajstić information content (AvgIpc) is 2.48. The van der Waals surface area contributed by atoms with Crippen LogP contribution in [0.2, 0.25) is 0 Å². The number of hydrogen-bond donors (Lipinski definition) is 1. The molecule has 1 heterocycles. The number of hydrogen-bond acceptors (Lipinski definition) is 2. The fourth-order valence-electron chi connectivity index (χ4n) is 1.33. The van der Waals surface area contributed by atoms with Crippen molar-refractivity contribution in [2.45, 2.75) is 46.1 Å². The molecule has 3 nitrogen and oxygen atoms in total. The zero-order valence-electron chi connectivity index (χ0n) is 8.50. The van der Waals surface area contributed by atoms with Crippen LogP contribution >= 0.6 is 12.2 Å². The van der Waals surface area contributed by atoms with E-state index in [0.29, 0.717) is 5.92 Å². The van der Waals surface area contributed by atoms with E-state index in [1.807, 2.05) is 0 Å². The van der Waals surface area contributed by atoms with Crippen LogP contribution in [-0.4, -0.2) is 14.8 Å². The molecule has 1 aromatic heterocycles. The summed E-state index contributed by atoms with van der Waals surface area (Å²) in [6.45, 7) is 7.46. The Bertz CT molecular complexity index is 313. The fourth-order valence-corrected chi connectivity index (χ4v) is 1.56. The van der Waals surface area contributed by atoms with Crippen LogP contribution in [0.25, 0.3) is 0 Å². The third kappa shape index (κ3) is 2.18. The first-order valence-electron chi connectivity index (χ1n) is 4.85. The molecular weight excluding hydrogens is 182 g/mol. The summed E-state index contributed by atoms with van der Waals surface area (Å²) < 4.78 is 2.85. The molecule has 0 radical (unpaired) electrons. The van der Waals surface area contributed by atoms with E-state index in [2.05, 4.69) is 35.5 Å². The minimum Gasteiger partial charge on any atom is -0.304 e. The Kier molecular flexibility index (Phi) is 3.66. The Morgan fingerprint density at radius 2 is 2.23 bits per heavy atom. The molecule has 0 saturated heterocycles. The molecule has 13 heavy (non-hydrogen) atoms. The van der Waals surface area contributed by atoms with Crippen molar-refractivity contribution in [1.29, 1.82) is 0 Å². The highest BCUT2D eigenvalue weighted by Crippen LogP contribution is 2.16. The van der Waals surface area contributed by atoms with Gasteiger partial charge in [0.25, 0.3) is 0 Å². The highest BCUT2D eigenvalue weighted by molar-refractivity contribution is 7.71. The smallest absolute Gasteiger partial charge is 0.195 e. The van der Waals surface area contributed by atoms with Crippen LogP contribution in [-0.2, 0) is 6.54 Å². The summed E-state index contributed by atoms with van der Waals surface area (Å²) in [4.78, 5) is 0. The van der Waals surface area contributed by atoms with Crippen molar-refractivity contribution in [3.63, 3.8) is 0 Å². The summed E-state index contributed by atoms with van der Waals surface area (Å²) in [7, 11) is 0. The Morgan fingerprint density at radius 3 is 2.77 bits per heavy atom. The lowest BCUT2D eigenvalue weighted by Gasteiger charge is -2.09. The SMILES string of the molecule is CCCn1c(C(C)CC)n[nH]c1=S. The van der Waals surface area contributed by atoms with Gasteiger partial charge >= 0.3 is 0 Å². The van der Waals surface area contributed by atoms with Gasteiger partial charge in [-0.05, 0) is 25.1 Å². The van der Waals surface area contributed by atoms with E-state index in [9.17, 15) is 0 Å². The molecule has 0 aromatic carbocycles. The summed E-state index contributed by atoms with van der Waals surface area (Å²) in [5, 5.41) is 7.10. The molecule has 0 aliphatic heterocycles. The molecule has 0 bridgehead atoms. The number of aromatic amines is 1. The summed E-state index contributed by atoms with van der Waals surface area (Å²) in [5.74, 6) is 1.58. The monoisotopic (exact) mass is 199 g/mol. The van der Waals surface area contributed by atoms with Gasteiger partial charge in [-0.25, -0.2) is 0 Å². The maximum absolute atomic E-state index is 5.15. The largest absolute Gasteiger partial charge is 0.304 e. The van der Waals surface area contributed by atoms with Gasteiger partial charge < -0.3 is 4.57 Å². The summed E-state index contributed by atoms with van der Waals surface area (Å²) in [5.41, 5.74) is 0. The van der Waals surface area contributed by atoms with Crippen molar-refractivity contribution >= 4 is 12.2 Å². The molecule has 0 aliphatic carbocycles. The van der Waals surface area contributed by atoms with E-state index >= 15 is 0 Å². The number of rotatable bonds is 4. The zero-order chi connectivity index (χ0) is 9.84. The summed E-state index contributed by atoms with van der Waals surface area (Å²) in [6.07, 6.45) is 2.20. The molecule has 0 spiro atoms. The highest BCUT2D eigenvalue weighted by Gasteiger charge is 2.11. The summed E-state index contributed by atoms with van der Waals surface area (Å²) >= 11 is 5.15. The van der Waals surface area contributed by atoms with Gasteiger partial charge in [0.1, 0.15) is 5.82 Å². The molecule has 0 aliphatic rings. The van der Waals surface area contributed by atoms with Crippen LogP contribution < -0.4 is 0 Å². The lowest BCUT2D eigenvalue weighted by Crippen LogP contribution is -2.06. The average molecular weight is 199 g/mol. The first kappa shape index (κ1) is 10.4. The number of nitrogens with zero attached hydrogens (tertiary/aromatic N) is 2. The molecule has 0 fully saturated rings. The van der Waals surface area contributed by atoms with Crippen LogP contribution in [0.15, 0.2) is 0 Å². The van der Waals surface area contributed by atoms with E-state index < -0.39 is 0 Å². The van der Waals surface area contributed by atoms with Crippen molar-refractivity contribution in [3.8, 4) is 0 Å². The molecule has 1 rings (SSSR count). The molecule has 0 amide bonds. The third-order valence-electron chi connectivity index (χ3n) is 2.29. The van der Waals surface area contributed by atoms with Gasteiger partial charge in [-0.3, -0.25) is 5.10 Å². The Balaban J connectivity index is 2.99. The van der Waals surface area contributed by atoms with E-state index in [4.69, 9.17) is 12.2 Å². The van der Waals surface area contributed by atoms with E-state index in [0.717, 1.165) is 30.0 Å². The van der Waals surface area contributed by atoms with Crippen molar-refractivity contribution < 1.29 is 0 Å². The standard InChI is InChI=1S/C9H17N3S/c1-4-6-12-8(7(3)5-2)10-11-9(12)13/h7H,4-6H2,1-3H3,(H,11,13). The van der Waals surface area contributed by atoms with E-state index in [1.165, 1.54) is 0 Å². The zero-order valence-corrected chi connectivity index (χ0v) is 9.32. The highest BCUT2D eigenvalue weighted by atomic mass is 32.1. The lowest BCUT2D eigenvalue weighted by atomic mass is 10.1. The van der Waals surface area contributed by atoms with Gasteiger partial charge in [0, 0.05) is 12.5 Å². The first-order valence-corrected chi connectivity index (χ1v) is 5.26. The van der Waals surface area contributed by atoms with Gasteiger partial charge in [0.05, 0.1) is 0 Å². The van der Waals surface area contributed by atoms with Crippen LogP contribution in [0.1, 0.15) is 45.4 Å². The number of aromatic nitrogens is 3. The molecule has 1 aromatic rings. The molecule has 1 unspecified atom stereocenters. The number of H-pyrrole nitrogens is 1. The minimum absolute atomic E-state index is 0.486. The molecule has 1 atom stereocenters. The lowest BCUT2D eigenvalue weighted by molar-refractivity contribution is 0.576. The second-order valence-corrected chi connectivity index (χ2v) is 3.73. The predicted octanol–water partition coefficient (Wildman–Crippen LogP) is 2.86. The van der Waals surface area contributed by atoms with Crippen LogP contribution in [0.3, 0.4) is 0 Å².